The topological polar surface area (TPSA) is 212 Å². The summed E-state index contributed by atoms with van der Waals surface area (Å²) in [5.74, 6) is 0.859. The maximum absolute atomic E-state index is 13.7. The van der Waals surface area contributed by atoms with Gasteiger partial charge in [-0.2, -0.15) is 0 Å². The number of rotatable bonds is 10. The van der Waals surface area contributed by atoms with Gasteiger partial charge in [-0.3, -0.25) is 14.3 Å². The highest BCUT2D eigenvalue weighted by atomic mass is 32.2. The van der Waals surface area contributed by atoms with Gasteiger partial charge in [0.1, 0.15) is 23.7 Å². The zero-order chi connectivity index (χ0) is 35.3. The maximum Gasteiger partial charge on any atom is 0.330 e. The number of sulfone groups is 2. The first-order valence-corrected chi connectivity index (χ1v) is 18.1. The van der Waals surface area contributed by atoms with Crippen molar-refractivity contribution < 1.29 is 46.4 Å². The number of aromatic amines is 1. The molecule has 1 saturated heterocycles. The molecule has 0 saturated carbocycles. The van der Waals surface area contributed by atoms with Crippen molar-refractivity contribution in [2.75, 3.05) is 26.7 Å². The van der Waals surface area contributed by atoms with Crippen LogP contribution in [0.4, 0.5) is 0 Å². The molecule has 16 heteroatoms. The molecule has 3 aromatic carbocycles. The van der Waals surface area contributed by atoms with E-state index in [0.29, 0.717) is 45.3 Å². The third-order valence-electron chi connectivity index (χ3n) is 8.79. The Morgan fingerprint density at radius 2 is 1.23 bits per heavy atom. The standard InChI is InChI=1S/C32H34N2O12S2/c1-44-23-14-10-21(11-15-23)30(20-8-6-5-7-9-20,22-12-16-24(45-2)17-13-22)26(36)27-31(38,47(3,40)41)32(39,48(4,42)43)28(46-27)34-19-18-25(35)33-29(34)37/h5-19,26-28,36,38-39H,1-4H3,(H,33,35,37)/t26?,27-,28-,31+,32-/m1/s1. The summed E-state index contributed by atoms with van der Waals surface area (Å²) in [4.78, 5) is 19.1. The Balaban J connectivity index is 1.92. The van der Waals surface area contributed by atoms with Gasteiger partial charge in [0, 0.05) is 24.8 Å². The molecule has 0 radical (unpaired) electrons. The van der Waals surface area contributed by atoms with Gasteiger partial charge >= 0.3 is 5.69 Å². The zero-order valence-corrected chi connectivity index (χ0v) is 27.8. The van der Waals surface area contributed by atoms with Crippen molar-refractivity contribution in [1.82, 2.24) is 9.55 Å². The summed E-state index contributed by atoms with van der Waals surface area (Å²) in [7, 11) is -7.41. The third-order valence-corrected chi connectivity index (χ3v) is 12.2. The van der Waals surface area contributed by atoms with Crippen LogP contribution in [0.1, 0.15) is 22.9 Å². The molecule has 0 spiro atoms. The smallest absolute Gasteiger partial charge is 0.330 e. The number of methoxy groups -OCH3 is 2. The van der Waals surface area contributed by atoms with Crippen LogP contribution in [0.3, 0.4) is 0 Å². The molecule has 1 unspecified atom stereocenters. The van der Waals surface area contributed by atoms with E-state index in [0.717, 1.165) is 12.3 Å². The fourth-order valence-electron chi connectivity index (χ4n) is 6.43. The highest BCUT2D eigenvalue weighted by molar-refractivity contribution is 7.96. The molecule has 48 heavy (non-hydrogen) atoms. The summed E-state index contributed by atoms with van der Waals surface area (Å²) in [6.07, 6.45) is -5.52. The second kappa shape index (κ2) is 12.3. The molecule has 5 rings (SSSR count). The maximum atomic E-state index is 13.7. The van der Waals surface area contributed by atoms with E-state index in [4.69, 9.17) is 14.2 Å². The Kier molecular flexibility index (Phi) is 8.96. The Hall–Kier alpha value is -4.32. The van der Waals surface area contributed by atoms with E-state index in [2.05, 4.69) is 0 Å². The Morgan fingerprint density at radius 3 is 1.65 bits per heavy atom. The van der Waals surface area contributed by atoms with Crippen molar-refractivity contribution in [2.24, 2.45) is 0 Å². The fourth-order valence-corrected chi connectivity index (χ4v) is 9.76. The van der Waals surface area contributed by atoms with Crippen LogP contribution < -0.4 is 20.7 Å². The van der Waals surface area contributed by atoms with Crippen LogP contribution in [0.25, 0.3) is 0 Å². The van der Waals surface area contributed by atoms with Gasteiger partial charge in [-0.25, -0.2) is 21.6 Å². The van der Waals surface area contributed by atoms with Crippen molar-refractivity contribution in [3.05, 3.63) is 129 Å². The lowest BCUT2D eigenvalue weighted by atomic mass is 9.64. The number of hydrogen-bond donors (Lipinski definition) is 4. The van der Waals surface area contributed by atoms with Gasteiger partial charge in [0.05, 0.1) is 19.6 Å². The van der Waals surface area contributed by atoms with Crippen molar-refractivity contribution in [3.8, 4) is 11.5 Å². The lowest BCUT2D eigenvalue weighted by Crippen LogP contribution is -2.69. The van der Waals surface area contributed by atoms with Crippen LogP contribution in [0.5, 0.6) is 11.5 Å². The van der Waals surface area contributed by atoms with Gasteiger partial charge in [0.2, 0.25) is 4.93 Å². The molecule has 1 fully saturated rings. The predicted molar refractivity (Wildman–Crippen MR) is 173 cm³/mol. The normalized spacial score (nSPS) is 23.8. The average Bonchev–Trinajstić information content (AvgIpc) is 3.31. The molecular weight excluding hydrogens is 668 g/mol. The quantitative estimate of drug-likeness (QED) is 0.165. The first-order chi connectivity index (χ1) is 22.5. The number of aliphatic hydroxyl groups is 3. The summed E-state index contributed by atoms with van der Waals surface area (Å²) in [5.41, 5.74) is -3.13. The molecule has 0 aliphatic carbocycles. The summed E-state index contributed by atoms with van der Waals surface area (Å²) < 4.78 is 71.5. The number of ether oxygens (including phenoxy) is 3. The first kappa shape index (κ1) is 35.0. The van der Waals surface area contributed by atoms with Crippen molar-refractivity contribution >= 4 is 19.7 Å². The van der Waals surface area contributed by atoms with Crippen molar-refractivity contribution in [2.45, 2.75) is 33.7 Å². The number of nitrogens with zero attached hydrogens (tertiary/aromatic N) is 1. The fraction of sp³-hybridized carbons (Fsp3) is 0.312. The average molecular weight is 703 g/mol. The molecule has 2 heterocycles. The minimum atomic E-state index is -5.16. The first-order valence-electron chi connectivity index (χ1n) is 14.3. The van der Waals surface area contributed by atoms with Gasteiger partial charge in [0.15, 0.2) is 25.9 Å². The Labute approximate surface area is 275 Å². The monoisotopic (exact) mass is 702 g/mol. The Bertz CT molecular complexity index is 2090. The minimum absolute atomic E-state index is 0.305. The molecule has 0 amide bonds. The van der Waals surface area contributed by atoms with E-state index in [-0.39, 0.29) is 0 Å². The highest BCUT2D eigenvalue weighted by Crippen LogP contribution is 2.56. The largest absolute Gasteiger partial charge is 0.497 e. The van der Waals surface area contributed by atoms with Crippen LogP contribution in [0.2, 0.25) is 0 Å². The molecule has 4 N–H and O–H groups in total. The predicted octanol–water partition coefficient (Wildman–Crippen LogP) is 0.313. The third kappa shape index (κ3) is 5.15. The van der Waals surface area contributed by atoms with Crippen LogP contribution in [0.15, 0.2) is 101 Å². The van der Waals surface area contributed by atoms with Crippen LogP contribution >= 0.6 is 0 Å². The lowest BCUT2D eigenvalue weighted by molar-refractivity contribution is -0.107. The minimum Gasteiger partial charge on any atom is -0.497 e. The van der Waals surface area contributed by atoms with Gasteiger partial charge in [-0.1, -0.05) is 54.6 Å². The summed E-state index contributed by atoms with van der Waals surface area (Å²) >= 11 is 0. The van der Waals surface area contributed by atoms with Gasteiger partial charge in [-0.15, -0.1) is 0 Å². The zero-order valence-electron chi connectivity index (χ0n) is 26.2. The number of nitrogens with one attached hydrogen (secondary N) is 1. The summed E-state index contributed by atoms with van der Waals surface area (Å²) in [5, 5.41) is 37.2. The van der Waals surface area contributed by atoms with E-state index in [1.54, 1.807) is 78.9 Å². The lowest BCUT2D eigenvalue weighted by Gasteiger charge is -2.45. The van der Waals surface area contributed by atoms with Gasteiger partial charge < -0.3 is 29.5 Å². The molecule has 1 aromatic heterocycles. The molecule has 256 valence electrons. The van der Waals surface area contributed by atoms with Crippen LogP contribution in [-0.4, -0.2) is 90.5 Å². The van der Waals surface area contributed by atoms with Gasteiger partial charge in [0.25, 0.3) is 10.5 Å². The summed E-state index contributed by atoms with van der Waals surface area (Å²) in [6, 6.07) is 21.7. The molecule has 1 aliphatic heterocycles. The highest BCUT2D eigenvalue weighted by Gasteiger charge is 2.79. The summed E-state index contributed by atoms with van der Waals surface area (Å²) in [6.45, 7) is 0. The Morgan fingerprint density at radius 1 is 0.771 bits per heavy atom. The molecule has 0 bridgehead atoms. The van der Waals surface area contributed by atoms with Gasteiger partial charge in [-0.05, 0) is 41.0 Å². The van der Waals surface area contributed by atoms with Crippen LogP contribution in [0, 0.1) is 0 Å². The molecule has 1 aliphatic rings. The second-order valence-corrected chi connectivity index (χ2v) is 15.8. The van der Waals surface area contributed by atoms with Crippen LogP contribution in [-0.2, 0) is 29.8 Å². The van der Waals surface area contributed by atoms with E-state index in [1.807, 2.05) is 4.98 Å². The van der Waals surface area contributed by atoms with Crippen molar-refractivity contribution in [3.63, 3.8) is 0 Å². The van der Waals surface area contributed by atoms with E-state index >= 15 is 0 Å². The molecule has 14 nitrogen and oxygen atoms in total. The number of H-pyrrole nitrogens is 1. The number of hydrogen-bond acceptors (Lipinski definition) is 12. The number of aromatic nitrogens is 2. The second-order valence-electron chi connectivity index (χ2n) is 11.4. The number of benzene rings is 3. The number of aliphatic hydroxyl groups excluding tert-OH is 1. The van der Waals surface area contributed by atoms with E-state index in [9.17, 15) is 41.7 Å². The SMILES string of the molecule is COc1ccc(C(c2ccccc2)(c2ccc(OC)cc2)C(O)[C@H]2O[C@@H](n3ccc(=O)[nH]c3=O)[C@@](O)(S(C)(=O)=O)[C@@]2(O)S(C)(=O)=O)cc1. The molecular formula is C32H34N2O12S2. The molecule has 4 aromatic rings. The van der Waals surface area contributed by atoms with E-state index < -0.39 is 64.6 Å². The molecule has 5 atom stereocenters. The van der Waals surface area contributed by atoms with Crippen molar-refractivity contribution in [1.29, 1.82) is 0 Å². The van der Waals surface area contributed by atoms with E-state index in [1.165, 1.54) is 14.2 Å².